The zero-order valence-electron chi connectivity index (χ0n) is 18.5. The summed E-state index contributed by atoms with van der Waals surface area (Å²) in [6.07, 6.45) is 6.49. The zero-order valence-corrected chi connectivity index (χ0v) is 18.5. The molecule has 5 rings (SSSR count). The standard InChI is InChI=1S/C24H20N8O2/c1-16(13-31-14-28-29-15-31)34-18-5-3-4-17(10-18)20-6-7-23-27-12-21(32(23)30-20)24-19(11-25)22(33-2)8-9-26-24/h3-10,12,14-16H,13H2,1-2H3/t16-/m0/s1. The highest BCUT2D eigenvalue weighted by Gasteiger charge is 2.17. The van der Waals surface area contributed by atoms with Crippen LogP contribution in [0.5, 0.6) is 11.5 Å². The van der Waals surface area contributed by atoms with Crippen molar-refractivity contribution >= 4 is 5.65 Å². The number of rotatable bonds is 7. The van der Waals surface area contributed by atoms with Gasteiger partial charge in [0.25, 0.3) is 0 Å². The van der Waals surface area contributed by atoms with E-state index in [2.05, 4.69) is 26.2 Å². The molecule has 0 saturated carbocycles. The first kappa shape index (κ1) is 21.1. The second-order valence-corrected chi connectivity index (χ2v) is 7.60. The van der Waals surface area contributed by atoms with Gasteiger partial charge in [0.05, 0.1) is 25.5 Å². The Hall–Kier alpha value is -4.78. The lowest BCUT2D eigenvalue weighted by Gasteiger charge is -2.15. The fraction of sp³-hybridized carbons (Fsp3) is 0.167. The molecule has 4 heterocycles. The maximum Gasteiger partial charge on any atom is 0.154 e. The van der Waals surface area contributed by atoms with Gasteiger partial charge in [0.1, 0.15) is 53.3 Å². The predicted octanol–water partition coefficient (Wildman–Crippen LogP) is 3.40. The fourth-order valence-electron chi connectivity index (χ4n) is 3.72. The molecule has 0 saturated heterocycles. The number of ether oxygens (including phenoxy) is 2. The number of nitriles is 1. The Labute approximate surface area is 195 Å². The first-order valence-corrected chi connectivity index (χ1v) is 10.5. The highest BCUT2D eigenvalue weighted by atomic mass is 16.5. The van der Waals surface area contributed by atoms with E-state index in [-0.39, 0.29) is 6.10 Å². The predicted molar refractivity (Wildman–Crippen MR) is 123 cm³/mol. The summed E-state index contributed by atoms with van der Waals surface area (Å²) < 4.78 is 15.0. The average Bonchev–Trinajstić information content (AvgIpc) is 3.53. The third-order valence-electron chi connectivity index (χ3n) is 5.25. The molecular formula is C24H20N8O2. The van der Waals surface area contributed by atoms with E-state index in [9.17, 15) is 5.26 Å². The lowest BCUT2D eigenvalue weighted by atomic mass is 10.1. The van der Waals surface area contributed by atoms with Gasteiger partial charge in [0.15, 0.2) is 5.65 Å². The van der Waals surface area contributed by atoms with Crippen LogP contribution in [0.3, 0.4) is 0 Å². The number of hydrogen-bond donors (Lipinski definition) is 0. The molecule has 34 heavy (non-hydrogen) atoms. The fourth-order valence-corrected chi connectivity index (χ4v) is 3.72. The van der Waals surface area contributed by atoms with E-state index >= 15 is 0 Å². The molecule has 0 fully saturated rings. The van der Waals surface area contributed by atoms with E-state index in [4.69, 9.17) is 14.6 Å². The van der Waals surface area contributed by atoms with Gasteiger partial charge < -0.3 is 14.0 Å². The SMILES string of the molecule is COc1ccnc(-c2cnc3ccc(-c4cccc(O[C@@H](C)Cn5cnnc5)c4)nn23)c1C#N. The van der Waals surface area contributed by atoms with Crippen molar-refractivity contribution in [2.24, 2.45) is 0 Å². The van der Waals surface area contributed by atoms with Crippen LogP contribution in [-0.2, 0) is 6.54 Å². The van der Waals surface area contributed by atoms with Crippen LogP contribution in [-0.4, -0.2) is 47.6 Å². The first-order chi connectivity index (χ1) is 16.7. The molecule has 10 nitrogen and oxygen atoms in total. The number of aromatic nitrogens is 7. The number of fused-ring (bicyclic) bond motifs is 1. The summed E-state index contributed by atoms with van der Waals surface area (Å²) in [4.78, 5) is 8.82. The van der Waals surface area contributed by atoms with Gasteiger partial charge in [-0.25, -0.2) is 9.50 Å². The van der Waals surface area contributed by atoms with Gasteiger partial charge >= 0.3 is 0 Å². The van der Waals surface area contributed by atoms with Gasteiger partial charge in [0, 0.05) is 11.8 Å². The average molecular weight is 452 g/mol. The van der Waals surface area contributed by atoms with Crippen LogP contribution in [0.15, 0.2) is 67.5 Å². The number of imidazole rings is 1. The van der Waals surface area contributed by atoms with Gasteiger partial charge in [-0.05, 0) is 37.3 Å². The second-order valence-electron chi connectivity index (χ2n) is 7.60. The van der Waals surface area contributed by atoms with E-state index in [0.29, 0.717) is 34.9 Å². The van der Waals surface area contributed by atoms with Crippen molar-refractivity contribution in [3.63, 3.8) is 0 Å². The summed E-state index contributed by atoms with van der Waals surface area (Å²) in [7, 11) is 1.52. The lowest BCUT2D eigenvalue weighted by Crippen LogP contribution is -2.18. The Morgan fingerprint density at radius 2 is 1.94 bits per heavy atom. The molecule has 168 valence electrons. The first-order valence-electron chi connectivity index (χ1n) is 10.5. The van der Waals surface area contributed by atoms with Gasteiger partial charge in [-0.2, -0.15) is 10.4 Å². The lowest BCUT2D eigenvalue weighted by molar-refractivity contribution is 0.199. The second kappa shape index (κ2) is 8.99. The molecule has 0 amide bonds. The maximum atomic E-state index is 9.67. The number of pyridine rings is 1. The minimum Gasteiger partial charge on any atom is -0.495 e. The van der Waals surface area contributed by atoms with Crippen molar-refractivity contribution in [3.8, 4) is 40.2 Å². The largest absolute Gasteiger partial charge is 0.495 e. The monoisotopic (exact) mass is 452 g/mol. The third kappa shape index (κ3) is 4.02. The van der Waals surface area contributed by atoms with E-state index in [1.54, 1.807) is 35.6 Å². The maximum absolute atomic E-state index is 9.67. The highest BCUT2D eigenvalue weighted by molar-refractivity contribution is 5.70. The number of methoxy groups -OCH3 is 1. The molecule has 10 heteroatoms. The summed E-state index contributed by atoms with van der Waals surface area (Å²) in [5.41, 5.74) is 3.64. The van der Waals surface area contributed by atoms with Crippen LogP contribution in [0.2, 0.25) is 0 Å². The zero-order chi connectivity index (χ0) is 23.5. The molecule has 5 aromatic rings. The summed E-state index contributed by atoms with van der Waals surface area (Å²) in [6, 6.07) is 15.3. The third-order valence-corrected chi connectivity index (χ3v) is 5.25. The van der Waals surface area contributed by atoms with E-state index in [0.717, 1.165) is 17.0 Å². The molecule has 0 radical (unpaired) electrons. The number of hydrogen-bond acceptors (Lipinski definition) is 8. The van der Waals surface area contributed by atoms with Crippen molar-refractivity contribution < 1.29 is 9.47 Å². The van der Waals surface area contributed by atoms with E-state index in [1.165, 1.54) is 7.11 Å². The summed E-state index contributed by atoms with van der Waals surface area (Å²) in [6.45, 7) is 2.62. The molecule has 0 aliphatic carbocycles. The Morgan fingerprint density at radius 3 is 2.74 bits per heavy atom. The molecule has 0 N–H and O–H groups in total. The van der Waals surface area contributed by atoms with Crippen molar-refractivity contribution in [1.29, 1.82) is 5.26 Å². The van der Waals surface area contributed by atoms with Gasteiger partial charge in [-0.15, -0.1) is 10.2 Å². The number of benzene rings is 1. The van der Waals surface area contributed by atoms with Gasteiger partial charge in [-0.1, -0.05) is 12.1 Å². The van der Waals surface area contributed by atoms with Crippen LogP contribution in [0.25, 0.3) is 28.3 Å². The van der Waals surface area contributed by atoms with E-state index in [1.807, 2.05) is 47.9 Å². The van der Waals surface area contributed by atoms with Crippen LogP contribution < -0.4 is 9.47 Å². The molecule has 1 aromatic carbocycles. The Balaban J connectivity index is 1.48. The minimum atomic E-state index is -0.0783. The summed E-state index contributed by atoms with van der Waals surface area (Å²) >= 11 is 0. The van der Waals surface area contributed by atoms with Gasteiger partial charge in [0.2, 0.25) is 0 Å². The molecule has 0 bridgehead atoms. The highest BCUT2D eigenvalue weighted by Crippen LogP contribution is 2.29. The van der Waals surface area contributed by atoms with Crippen molar-refractivity contribution in [1.82, 2.24) is 34.3 Å². The van der Waals surface area contributed by atoms with E-state index < -0.39 is 0 Å². The summed E-state index contributed by atoms with van der Waals surface area (Å²) in [5, 5.41) is 22.1. The minimum absolute atomic E-state index is 0.0783. The molecular weight excluding hydrogens is 432 g/mol. The van der Waals surface area contributed by atoms with Crippen molar-refractivity contribution in [2.75, 3.05) is 7.11 Å². The Bertz CT molecular complexity index is 1490. The number of nitrogens with zero attached hydrogens (tertiary/aromatic N) is 8. The van der Waals surface area contributed by atoms with Crippen LogP contribution in [0.1, 0.15) is 12.5 Å². The van der Waals surface area contributed by atoms with Gasteiger partial charge in [-0.3, -0.25) is 4.98 Å². The summed E-state index contributed by atoms with van der Waals surface area (Å²) in [5.74, 6) is 1.18. The van der Waals surface area contributed by atoms with Crippen molar-refractivity contribution in [2.45, 2.75) is 19.6 Å². The molecule has 0 aliphatic heterocycles. The molecule has 0 aliphatic rings. The van der Waals surface area contributed by atoms with Crippen LogP contribution in [0, 0.1) is 11.3 Å². The smallest absolute Gasteiger partial charge is 0.154 e. The molecule has 4 aromatic heterocycles. The van der Waals surface area contributed by atoms with Crippen LogP contribution in [0.4, 0.5) is 0 Å². The molecule has 0 spiro atoms. The topological polar surface area (TPSA) is 116 Å². The molecule has 1 atom stereocenters. The normalized spacial score (nSPS) is 11.8. The quantitative estimate of drug-likeness (QED) is 0.369. The Kier molecular flexibility index (Phi) is 5.58. The van der Waals surface area contributed by atoms with Crippen molar-refractivity contribution in [3.05, 3.63) is 73.1 Å². The van der Waals surface area contributed by atoms with Crippen LogP contribution >= 0.6 is 0 Å². The Morgan fingerprint density at radius 1 is 1.09 bits per heavy atom. The molecule has 0 unspecified atom stereocenters.